The first-order valence-corrected chi connectivity index (χ1v) is 9.14. The summed E-state index contributed by atoms with van der Waals surface area (Å²) in [5.41, 5.74) is 11.0. The van der Waals surface area contributed by atoms with Crippen molar-refractivity contribution in [2.45, 2.75) is 25.8 Å². The average Bonchev–Trinajstić information content (AvgIpc) is 3.43. The van der Waals surface area contributed by atoms with E-state index in [1.807, 2.05) is 42.5 Å². The van der Waals surface area contributed by atoms with Crippen LogP contribution in [0.1, 0.15) is 18.4 Å². The first-order valence-electron chi connectivity index (χ1n) is 9.14. The van der Waals surface area contributed by atoms with Crippen molar-refractivity contribution in [1.82, 2.24) is 19.7 Å². The van der Waals surface area contributed by atoms with E-state index in [1.54, 1.807) is 4.68 Å². The summed E-state index contributed by atoms with van der Waals surface area (Å²) in [6, 6.07) is 18.6. The Bertz CT molecular complexity index is 1130. The van der Waals surface area contributed by atoms with E-state index < -0.39 is 0 Å². The van der Waals surface area contributed by atoms with Gasteiger partial charge in [0, 0.05) is 11.6 Å². The lowest BCUT2D eigenvalue weighted by atomic mass is 10.1. The molecule has 2 aromatic carbocycles. The Labute approximate surface area is 157 Å². The molecular weight excluding hydrogens is 336 g/mol. The summed E-state index contributed by atoms with van der Waals surface area (Å²) >= 11 is 0. The summed E-state index contributed by atoms with van der Waals surface area (Å²) in [5, 5.41) is 8.86. The number of benzene rings is 2. The maximum atomic E-state index is 6.52. The van der Waals surface area contributed by atoms with E-state index in [2.05, 4.69) is 29.4 Å². The maximum Gasteiger partial charge on any atom is 0.225 e. The number of nitrogens with two attached hydrogens (primary N) is 1. The zero-order valence-corrected chi connectivity index (χ0v) is 15.1. The fourth-order valence-corrected chi connectivity index (χ4v) is 3.25. The third kappa shape index (κ3) is 2.89. The first kappa shape index (κ1) is 15.8. The van der Waals surface area contributed by atoms with Crippen molar-refractivity contribution < 1.29 is 0 Å². The molecule has 6 heteroatoms. The molecule has 1 fully saturated rings. The van der Waals surface area contributed by atoms with Crippen molar-refractivity contribution in [3.63, 3.8) is 0 Å². The van der Waals surface area contributed by atoms with Crippen LogP contribution in [-0.2, 0) is 0 Å². The SMILES string of the molecule is Cc1cccc(-n2nc3nc(NC4CC4)nc(-c4ccccc4)c3c2N)c1. The van der Waals surface area contributed by atoms with E-state index in [9.17, 15) is 0 Å². The standard InChI is InChI=1S/C21H20N6/c1-13-6-5-9-16(12-13)27-19(22)17-18(14-7-3-2-4-8-14)24-21(23-15-10-11-15)25-20(17)26-27/h2-9,12,15H,10-11,22H2,1H3,(H,23,25,26). The van der Waals surface area contributed by atoms with E-state index in [4.69, 9.17) is 15.8 Å². The number of aromatic nitrogens is 4. The van der Waals surface area contributed by atoms with Gasteiger partial charge >= 0.3 is 0 Å². The molecule has 1 aliphatic carbocycles. The number of nitrogen functional groups attached to an aromatic ring is 1. The van der Waals surface area contributed by atoms with E-state index in [0.29, 0.717) is 23.5 Å². The predicted molar refractivity (Wildman–Crippen MR) is 108 cm³/mol. The molecule has 0 saturated heterocycles. The minimum Gasteiger partial charge on any atom is -0.383 e. The van der Waals surface area contributed by atoms with Gasteiger partial charge in [-0.3, -0.25) is 0 Å². The minimum absolute atomic E-state index is 0.460. The van der Waals surface area contributed by atoms with Crippen LogP contribution in [0.4, 0.5) is 11.8 Å². The van der Waals surface area contributed by atoms with Gasteiger partial charge in [-0.15, -0.1) is 5.10 Å². The van der Waals surface area contributed by atoms with Crippen LogP contribution in [0.2, 0.25) is 0 Å². The largest absolute Gasteiger partial charge is 0.383 e. The van der Waals surface area contributed by atoms with Crippen LogP contribution in [0.5, 0.6) is 0 Å². The van der Waals surface area contributed by atoms with Crippen LogP contribution >= 0.6 is 0 Å². The number of aryl methyl sites for hydroxylation is 1. The molecule has 0 aliphatic heterocycles. The monoisotopic (exact) mass is 356 g/mol. The second kappa shape index (κ2) is 6.09. The predicted octanol–water partition coefficient (Wildman–Crippen LogP) is 3.95. The van der Waals surface area contributed by atoms with Crippen molar-refractivity contribution in [2.24, 2.45) is 0 Å². The molecule has 0 bridgehead atoms. The summed E-state index contributed by atoms with van der Waals surface area (Å²) in [6.07, 6.45) is 2.31. The fourth-order valence-electron chi connectivity index (χ4n) is 3.25. The molecule has 0 atom stereocenters. The smallest absolute Gasteiger partial charge is 0.225 e. The Morgan fingerprint density at radius 3 is 2.59 bits per heavy atom. The Morgan fingerprint density at radius 1 is 1.04 bits per heavy atom. The van der Waals surface area contributed by atoms with Crippen LogP contribution < -0.4 is 11.1 Å². The minimum atomic E-state index is 0.460. The summed E-state index contributed by atoms with van der Waals surface area (Å²) < 4.78 is 1.75. The van der Waals surface area contributed by atoms with Gasteiger partial charge in [-0.25, -0.2) is 9.67 Å². The molecule has 3 N–H and O–H groups in total. The van der Waals surface area contributed by atoms with Gasteiger partial charge in [0.15, 0.2) is 5.65 Å². The average molecular weight is 356 g/mol. The molecule has 5 rings (SSSR count). The zero-order chi connectivity index (χ0) is 18.4. The Kier molecular flexibility index (Phi) is 3.57. The normalized spacial score (nSPS) is 13.8. The number of fused-ring (bicyclic) bond motifs is 1. The van der Waals surface area contributed by atoms with Crippen molar-refractivity contribution in [2.75, 3.05) is 11.1 Å². The van der Waals surface area contributed by atoms with Gasteiger partial charge < -0.3 is 11.1 Å². The van der Waals surface area contributed by atoms with Gasteiger partial charge in [0.05, 0.1) is 16.8 Å². The Hall–Kier alpha value is -3.41. The van der Waals surface area contributed by atoms with Crippen LogP contribution in [0.15, 0.2) is 54.6 Å². The second-order valence-electron chi connectivity index (χ2n) is 7.02. The molecule has 6 nitrogen and oxygen atoms in total. The molecular formula is C21H20N6. The number of rotatable bonds is 4. The van der Waals surface area contributed by atoms with Crippen LogP contribution in [-0.4, -0.2) is 25.8 Å². The van der Waals surface area contributed by atoms with Gasteiger partial charge in [0.25, 0.3) is 0 Å². The summed E-state index contributed by atoms with van der Waals surface area (Å²) in [4.78, 5) is 9.42. The lowest BCUT2D eigenvalue weighted by Crippen LogP contribution is -2.06. The molecule has 27 heavy (non-hydrogen) atoms. The lowest BCUT2D eigenvalue weighted by Gasteiger charge is -2.08. The molecule has 1 aliphatic rings. The van der Waals surface area contributed by atoms with Crippen molar-refractivity contribution in [3.8, 4) is 16.9 Å². The molecule has 4 aromatic rings. The lowest BCUT2D eigenvalue weighted by molar-refractivity contribution is 0.897. The van der Waals surface area contributed by atoms with Crippen LogP contribution in [0.25, 0.3) is 28.0 Å². The third-order valence-electron chi connectivity index (χ3n) is 4.77. The summed E-state index contributed by atoms with van der Waals surface area (Å²) in [6.45, 7) is 2.05. The number of hydrogen-bond donors (Lipinski definition) is 2. The van der Waals surface area contributed by atoms with Gasteiger partial charge in [0.2, 0.25) is 5.95 Å². The second-order valence-corrected chi connectivity index (χ2v) is 7.02. The fraction of sp³-hybridized carbons (Fsp3) is 0.190. The highest BCUT2D eigenvalue weighted by Gasteiger charge is 2.24. The summed E-state index contributed by atoms with van der Waals surface area (Å²) in [7, 11) is 0. The molecule has 0 spiro atoms. The highest BCUT2D eigenvalue weighted by molar-refractivity contribution is 5.99. The zero-order valence-electron chi connectivity index (χ0n) is 15.1. The molecule has 0 radical (unpaired) electrons. The molecule has 2 heterocycles. The highest BCUT2D eigenvalue weighted by atomic mass is 15.3. The van der Waals surface area contributed by atoms with Crippen LogP contribution in [0.3, 0.4) is 0 Å². The number of nitrogens with one attached hydrogen (secondary N) is 1. The van der Waals surface area contributed by atoms with E-state index >= 15 is 0 Å². The number of anilines is 2. The van der Waals surface area contributed by atoms with Gasteiger partial charge in [-0.2, -0.15) is 4.98 Å². The van der Waals surface area contributed by atoms with Crippen molar-refractivity contribution >= 4 is 22.8 Å². The first-order chi connectivity index (χ1) is 13.2. The van der Waals surface area contributed by atoms with Crippen molar-refractivity contribution in [1.29, 1.82) is 0 Å². The Balaban J connectivity index is 1.75. The molecule has 1 saturated carbocycles. The topological polar surface area (TPSA) is 81.7 Å². The maximum absolute atomic E-state index is 6.52. The number of nitrogens with zero attached hydrogens (tertiary/aromatic N) is 4. The third-order valence-corrected chi connectivity index (χ3v) is 4.77. The number of hydrogen-bond acceptors (Lipinski definition) is 5. The van der Waals surface area contributed by atoms with Crippen molar-refractivity contribution in [3.05, 3.63) is 60.2 Å². The molecule has 2 aromatic heterocycles. The molecule has 0 unspecified atom stereocenters. The van der Waals surface area contributed by atoms with Gasteiger partial charge in [-0.05, 0) is 37.5 Å². The Morgan fingerprint density at radius 2 is 1.85 bits per heavy atom. The van der Waals surface area contributed by atoms with Gasteiger partial charge in [-0.1, -0.05) is 42.5 Å². The molecule has 134 valence electrons. The van der Waals surface area contributed by atoms with Gasteiger partial charge in [0.1, 0.15) is 5.82 Å². The van der Waals surface area contributed by atoms with E-state index in [0.717, 1.165) is 40.7 Å². The molecule has 0 amide bonds. The van der Waals surface area contributed by atoms with E-state index in [-0.39, 0.29) is 0 Å². The van der Waals surface area contributed by atoms with E-state index in [1.165, 1.54) is 0 Å². The quantitative estimate of drug-likeness (QED) is 0.579. The van der Waals surface area contributed by atoms with Crippen LogP contribution in [0, 0.1) is 6.92 Å². The summed E-state index contributed by atoms with van der Waals surface area (Å²) in [5.74, 6) is 1.16. The highest BCUT2D eigenvalue weighted by Crippen LogP contribution is 2.33.